The molecule has 0 saturated carbocycles. The van der Waals surface area contributed by atoms with E-state index in [-0.39, 0.29) is 5.75 Å². The maximum Gasteiger partial charge on any atom is 0.147 e. The Morgan fingerprint density at radius 3 is 2.87 bits per heavy atom. The summed E-state index contributed by atoms with van der Waals surface area (Å²) < 4.78 is 21.6. The van der Waals surface area contributed by atoms with E-state index in [4.69, 9.17) is 0 Å². The first-order chi connectivity index (χ1) is 7.08. The van der Waals surface area contributed by atoms with Crippen molar-refractivity contribution in [2.24, 2.45) is 0 Å². The van der Waals surface area contributed by atoms with Gasteiger partial charge in [0.2, 0.25) is 0 Å². The van der Waals surface area contributed by atoms with Gasteiger partial charge in [-0.1, -0.05) is 0 Å². The van der Waals surface area contributed by atoms with Crippen LogP contribution in [0.15, 0.2) is 18.3 Å². The average Bonchev–Trinajstić information content (AvgIpc) is 2.17. The molecule has 84 valence electrons. The zero-order chi connectivity index (χ0) is 11.1. The minimum absolute atomic E-state index is 0.223. The van der Waals surface area contributed by atoms with E-state index >= 15 is 0 Å². The first kappa shape index (κ1) is 12.1. The molecule has 0 aliphatic rings. The van der Waals surface area contributed by atoms with Crippen LogP contribution in [0.4, 0.5) is 0 Å². The van der Waals surface area contributed by atoms with Gasteiger partial charge in [-0.25, -0.2) is 8.42 Å². The molecule has 0 spiro atoms. The minimum Gasteiger partial charge on any atom is -0.311 e. The molecule has 0 bridgehead atoms. The van der Waals surface area contributed by atoms with Crippen LogP contribution in [0.1, 0.15) is 12.1 Å². The second kappa shape index (κ2) is 5.77. The highest BCUT2D eigenvalue weighted by molar-refractivity contribution is 7.90. The van der Waals surface area contributed by atoms with Crippen molar-refractivity contribution in [3.63, 3.8) is 0 Å². The second-order valence-corrected chi connectivity index (χ2v) is 5.63. The van der Waals surface area contributed by atoms with Crippen LogP contribution in [0.5, 0.6) is 0 Å². The maximum absolute atomic E-state index is 10.8. The Morgan fingerprint density at radius 2 is 2.27 bits per heavy atom. The van der Waals surface area contributed by atoms with Crippen molar-refractivity contribution in [1.82, 2.24) is 15.5 Å². The van der Waals surface area contributed by atoms with Crippen molar-refractivity contribution >= 4 is 9.84 Å². The summed E-state index contributed by atoms with van der Waals surface area (Å²) >= 11 is 0. The van der Waals surface area contributed by atoms with Crippen LogP contribution in [0.2, 0.25) is 0 Å². The molecule has 0 atom stereocenters. The third-order valence-electron chi connectivity index (χ3n) is 1.80. The topological polar surface area (TPSA) is 72.0 Å². The molecule has 1 heterocycles. The van der Waals surface area contributed by atoms with E-state index in [2.05, 4.69) is 15.5 Å². The predicted molar refractivity (Wildman–Crippen MR) is 58.1 cm³/mol. The van der Waals surface area contributed by atoms with Crippen LogP contribution in [0.3, 0.4) is 0 Å². The fourth-order valence-corrected chi connectivity index (χ4v) is 1.77. The SMILES string of the molecule is CS(=O)(=O)CCCNCc1cccnn1. The van der Waals surface area contributed by atoms with Crippen LogP contribution in [-0.2, 0) is 16.4 Å². The van der Waals surface area contributed by atoms with Gasteiger partial charge >= 0.3 is 0 Å². The highest BCUT2D eigenvalue weighted by atomic mass is 32.2. The summed E-state index contributed by atoms with van der Waals surface area (Å²) in [6, 6.07) is 3.69. The van der Waals surface area contributed by atoms with E-state index in [1.165, 1.54) is 6.26 Å². The van der Waals surface area contributed by atoms with E-state index in [1.807, 2.05) is 12.1 Å². The van der Waals surface area contributed by atoms with Crippen LogP contribution in [0, 0.1) is 0 Å². The lowest BCUT2D eigenvalue weighted by molar-refractivity contribution is 0.593. The average molecular weight is 229 g/mol. The molecule has 6 heteroatoms. The van der Waals surface area contributed by atoms with Crippen LogP contribution >= 0.6 is 0 Å². The summed E-state index contributed by atoms with van der Waals surface area (Å²) in [5, 5.41) is 10.7. The fraction of sp³-hybridized carbons (Fsp3) is 0.556. The lowest BCUT2D eigenvalue weighted by Crippen LogP contribution is -2.18. The lowest BCUT2D eigenvalue weighted by atomic mass is 10.4. The Labute approximate surface area is 89.8 Å². The van der Waals surface area contributed by atoms with E-state index in [9.17, 15) is 8.42 Å². The largest absolute Gasteiger partial charge is 0.311 e. The highest BCUT2D eigenvalue weighted by Crippen LogP contribution is 1.91. The molecule has 0 amide bonds. The van der Waals surface area contributed by atoms with Crippen molar-refractivity contribution in [2.75, 3.05) is 18.6 Å². The summed E-state index contributed by atoms with van der Waals surface area (Å²) in [5.41, 5.74) is 0.858. The smallest absolute Gasteiger partial charge is 0.147 e. The van der Waals surface area contributed by atoms with Gasteiger partial charge in [0.1, 0.15) is 9.84 Å². The quantitative estimate of drug-likeness (QED) is 0.695. The number of hydrogen-bond acceptors (Lipinski definition) is 5. The molecule has 1 aromatic rings. The Hall–Kier alpha value is -1.01. The van der Waals surface area contributed by atoms with E-state index in [0.717, 1.165) is 5.69 Å². The van der Waals surface area contributed by atoms with Crippen molar-refractivity contribution < 1.29 is 8.42 Å². The second-order valence-electron chi connectivity index (χ2n) is 3.38. The standard InChI is InChI=1S/C9H15N3O2S/c1-15(13,14)7-3-5-10-8-9-4-2-6-11-12-9/h2,4,6,10H,3,5,7-8H2,1H3. The normalized spacial score (nSPS) is 11.5. The molecular weight excluding hydrogens is 214 g/mol. The molecule has 1 aromatic heterocycles. The lowest BCUT2D eigenvalue weighted by Gasteiger charge is -2.02. The summed E-state index contributed by atoms with van der Waals surface area (Å²) in [5.74, 6) is 0.223. The Bertz CT molecular complexity index is 378. The third kappa shape index (κ3) is 6.14. The van der Waals surface area contributed by atoms with Crippen molar-refractivity contribution in [3.05, 3.63) is 24.0 Å². The molecule has 1 rings (SSSR count). The van der Waals surface area contributed by atoms with Crippen LogP contribution in [0.25, 0.3) is 0 Å². The van der Waals surface area contributed by atoms with E-state index in [0.29, 0.717) is 19.5 Å². The van der Waals surface area contributed by atoms with Gasteiger partial charge < -0.3 is 5.32 Å². The molecule has 0 aliphatic carbocycles. The monoisotopic (exact) mass is 229 g/mol. The molecule has 0 unspecified atom stereocenters. The van der Waals surface area contributed by atoms with Gasteiger partial charge in [0.15, 0.2) is 0 Å². The summed E-state index contributed by atoms with van der Waals surface area (Å²) in [6.45, 7) is 1.29. The number of rotatable bonds is 6. The Balaban J connectivity index is 2.13. The van der Waals surface area contributed by atoms with Gasteiger partial charge in [-0.15, -0.1) is 0 Å². The van der Waals surface area contributed by atoms with Gasteiger partial charge in [-0.3, -0.25) is 0 Å². The zero-order valence-corrected chi connectivity index (χ0v) is 9.50. The fourth-order valence-electron chi connectivity index (χ4n) is 1.10. The van der Waals surface area contributed by atoms with Gasteiger partial charge in [0, 0.05) is 19.0 Å². The van der Waals surface area contributed by atoms with Gasteiger partial charge in [-0.05, 0) is 25.1 Å². The molecule has 15 heavy (non-hydrogen) atoms. The Kier molecular flexibility index (Phi) is 4.64. The summed E-state index contributed by atoms with van der Waals surface area (Å²) in [6.07, 6.45) is 3.49. The van der Waals surface area contributed by atoms with Crippen molar-refractivity contribution in [2.45, 2.75) is 13.0 Å². The molecule has 5 nitrogen and oxygen atoms in total. The molecule has 1 N–H and O–H groups in total. The first-order valence-electron chi connectivity index (χ1n) is 4.73. The van der Waals surface area contributed by atoms with Crippen molar-refractivity contribution in [1.29, 1.82) is 0 Å². The Morgan fingerprint density at radius 1 is 1.47 bits per heavy atom. The van der Waals surface area contributed by atoms with Gasteiger partial charge in [0.05, 0.1) is 11.4 Å². The zero-order valence-electron chi connectivity index (χ0n) is 8.68. The maximum atomic E-state index is 10.8. The van der Waals surface area contributed by atoms with Gasteiger partial charge in [0.25, 0.3) is 0 Å². The minimum atomic E-state index is -2.84. The first-order valence-corrected chi connectivity index (χ1v) is 6.79. The molecule has 0 aromatic carbocycles. The predicted octanol–water partition coefficient (Wildman–Crippen LogP) is 0.000900. The molecule has 0 aliphatic heterocycles. The number of aromatic nitrogens is 2. The number of sulfone groups is 1. The molecule has 0 radical (unpaired) electrons. The highest BCUT2D eigenvalue weighted by Gasteiger charge is 2.00. The third-order valence-corrected chi connectivity index (χ3v) is 2.83. The molecule has 0 saturated heterocycles. The van der Waals surface area contributed by atoms with Crippen LogP contribution < -0.4 is 5.32 Å². The summed E-state index contributed by atoms with van der Waals surface area (Å²) in [7, 11) is -2.84. The molecule has 0 fully saturated rings. The van der Waals surface area contributed by atoms with Crippen LogP contribution in [-0.4, -0.2) is 37.2 Å². The van der Waals surface area contributed by atoms with Gasteiger partial charge in [-0.2, -0.15) is 10.2 Å². The van der Waals surface area contributed by atoms with E-state index < -0.39 is 9.84 Å². The van der Waals surface area contributed by atoms with Crippen molar-refractivity contribution in [3.8, 4) is 0 Å². The number of nitrogens with zero attached hydrogens (tertiary/aromatic N) is 2. The number of hydrogen-bond donors (Lipinski definition) is 1. The number of nitrogens with one attached hydrogen (secondary N) is 1. The van der Waals surface area contributed by atoms with E-state index in [1.54, 1.807) is 6.20 Å². The molecular formula is C9H15N3O2S. The summed E-state index contributed by atoms with van der Waals surface area (Å²) in [4.78, 5) is 0.